The van der Waals surface area contributed by atoms with Crippen molar-refractivity contribution in [3.8, 4) is 0 Å². The molecule has 0 saturated carbocycles. The molecule has 114 valence electrons. The Balaban J connectivity index is 1.60. The normalized spacial score (nSPS) is 12.5. The molecule has 2 heterocycles. The second kappa shape index (κ2) is 6.34. The zero-order chi connectivity index (χ0) is 15.5. The van der Waals surface area contributed by atoms with Gasteiger partial charge in [-0.2, -0.15) is 11.3 Å². The molecular weight excluding hydrogens is 296 g/mol. The summed E-state index contributed by atoms with van der Waals surface area (Å²) in [4.78, 5) is 11.8. The number of aliphatic hydroxyl groups is 1. The molecular formula is C17H18N2O2S. The summed E-state index contributed by atoms with van der Waals surface area (Å²) in [6.07, 6.45) is 1.65. The molecule has 2 N–H and O–H groups in total. The van der Waals surface area contributed by atoms with Crippen molar-refractivity contribution in [3.63, 3.8) is 0 Å². The van der Waals surface area contributed by atoms with Crippen LogP contribution in [-0.2, 0) is 18.3 Å². The van der Waals surface area contributed by atoms with Crippen LogP contribution in [0.2, 0.25) is 0 Å². The van der Waals surface area contributed by atoms with E-state index in [2.05, 4.69) is 5.32 Å². The molecule has 5 heteroatoms. The number of aryl methyl sites for hydroxylation is 1. The standard InChI is InChI=1S/C17H18N2O2S/c1-19-6-4-13-9-14(2-3-15(13)19)16(20)10-18-17(21)8-12-5-7-22-11-12/h2-7,9,11,16,20H,8,10H2,1H3,(H,18,21). The van der Waals surface area contributed by atoms with Gasteiger partial charge in [0.2, 0.25) is 5.91 Å². The van der Waals surface area contributed by atoms with E-state index in [1.165, 1.54) is 0 Å². The first kappa shape index (κ1) is 14.8. The summed E-state index contributed by atoms with van der Waals surface area (Å²) in [5.41, 5.74) is 2.94. The van der Waals surface area contributed by atoms with E-state index in [1.54, 1.807) is 11.3 Å². The van der Waals surface area contributed by atoms with Gasteiger partial charge in [0.1, 0.15) is 0 Å². The minimum absolute atomic E-state index is 0.0711. The van der Waals surface area contributed by atoms with Crippen LogP contribution in [0, 0.1) is 0 Å². The third-order valence-corrected chi connectivity index (χ3v) is 4.46. The Morgan fingerprint density at radius 1 is 1.36 bits per heavy atom. The number of hydrogen-bond donors (Lipinski definition) is 2. The van der Waals surface area contributed by atoms with Gasteiger partial charge >= 0.3 is 0 Å². The Morgan fingerprint density at radius 2 is 2.23 bits per heavy atom. The van der Waals surface area contributed by atoms with Crippen molar-refractivity contribution in [2.75, 3.05) is 6.54 Å². The number of amides is 1. The summed E-state index contributed by atoms with van der Waals surface area (Å²) in [6, 6.07) is 9.80. The number of aliphatic hydroxyl groups excluding tert-OH is 1. The lowest BCUT2D eigenvalue weighted by molar-refractivity contribution is -0.120. The molecule has 1 aromatic carbocycles. The van der Waals surface area contributed by atoms with E-state index >= 15 is 0 Å². The largest absolute Gasteiger partial charge is 0.387 e. The smallest absolute Gasteiger partial charge is 0.224 e. The average Bonchev–Trinajstić information content (AvgIpc) is 3.15. The molecule has 1 unspecified atom stereocenters. The van der Waals surface area contributed by atoms with Crippen molar-refractivity contribution in [1.82, 2.24) is 9.88 Å². The molecule has 3 aromatic rings. The molecule has 0 radical (unpaired) electrons. The highest BCUT2D eigenvalue weighted by molar-refractivity contribution is 7.07. The Bertz CT molecular complexity index is 777. The zero-order valence-electron chi connectivity index (χ0n) is 12.3. The van der Waals surface area contributed by atoms with Crippen LogP contribution in [0.3, 0.4) is 0 Å². The molecule has 0 fully saturated rings. The molecule has 0 spiro atoms. The zero-order valence-corrected chi connectivity index (χ0v) is 13.1. The van der Waals surface area contributed by atoms with Gasteiger partial charge in [0.05, 0.1) is 12.5 Å². The van der Waals surface area contributed by atoms with E-state index in [4.69, 9.17) is 0 Å². The quantitative estimate of drug-likeness (QED) is 0.760. The summed E-state index contributed by atoms with van der Waals surface area (Å²) in [7, 11) is 1.99. The number of hydrogen-bond acceptors (Lipinski definition) is 3. The number of carbonyl (C=O) groups excluding carboxylic acids is 1. The Labute approximate surface area is 133 Å². The first-order chi connectivity index (χ1) is 10.6. The van der Waals surface area contributed by atoms with Crippen LogP contribution in [0.1, 0.15) is 17.2 Å². The van der Waals surface area contributed by atoms with Crippen molar-refractivity contribution in [2.45, 2.75) is 12.5 Å². The van der Waals surface area contributed by atoms with Gasteiger partial charge in [0, 0.05) is 25.3 Å². The van der Waals surface area contributed by atoms with Crippen LogP contribution in [-0.4, -0.2) is 22.1 Å². The first-order valence-corrected chi connectivity index (χ1v) is 8.08. The molecule has 0 saturated heterocycles. The molecule has 4 nitrogen and oxygen atoms in total. The maximum absolute atomic E-state index is 11.8. The van der Waals surface area contributed by atoms with E-state index < -0.39 is 6.10 Å². The average molecular weight is 314 g/mol. The van der Waals surface area contributed by atoms with Crippen molar-refractivity contribution < 1.29 is 9.90 Å². The minimum Gasteiger partial charge on any atom is -0.387 e. The van der Waals surface area contributed by atoms with Gasteiger partial charge in [-0.1, -0.05) is 6.07 Å². The lowest BCUT2D eigenvalue weighted by Crippen LogP contribution is -2.29. The molecule has 1 amide bonds. The number of rotatable bonds is 5. The number of fused-ring (bicyclic) bond motifs is 1. The molecule has 0 aliphatic rings. The summed E-state index contributed by atoms with van der Waals surface area (Å²) in [6.45, 7) is 0.224. The van der Waals surface area contributed by atoms with E-state index in [-0.39, 0.29) is 12.5 Å². The fourth-order valence-electron chi connectivity index (χ4n) is 2.48. The highest BCUT2D eigenvalue weighted by Gasteiger charge is 2.11. The fourth-order valence-corrected chi connectivity index (χ4v) is 3.15. The monoisotopic (exact) mass is 314 g/mol. The number of thiophene rings is 1. The van der Waals surface area contributed by atoms with Crippen LogP contribution in [0.15, 0.2) is 47.3 Å². The van der Waals surface area contributed by atoms with Crippen LogP contribution in [0.25, 0.3) is 10.9 Å². The van der Waals surface area contributed by atoms with E-state index in [1.807, 2.05) is 58.9 Å². The molecule has 0 aliphatic heterocycles. The van der Waals surface area contributed by atoms with Gasteiger partial charge in [-0.05, 0) is 51.5 Å². The Kier molecular flexibility index (Phi) is 4.27. The third kappa shape index (κ3) is 3.21. The van der Waals surface area contributed by atoms with E-state index in [0.29, 0.717) is 6.42 Å². The molecule has 3 rings (SSSR count). The van der Waals surface area contributed by atoms with Crippen LogP contribution >= 0.6 is 11.3 Å². The molecule has 0 bridgehead atoms. The van der Waals surface area contributed by atoms with Gasteiger partial charge in [-0.15, -0.1) is 0 Å². The van der Waals surface area contributed by atoms with Crippen molar-refractivity contribution in [1.29, 1.82) is 0 Å². The van der Waals surface area contributed by atoms with Crippen LogP contribution < -0.4 is 5.32 Å². The Morgan fingerprint density at radius 3 is 3.00 bits per heavy atom. The lowest BCUT2D eigenvalue weighted by Gasteiger charge is -2.12. The summed E-state index contributed by atoms with van der Waals surface area (Å²) in [5, 5.41) is 18.0. The molecule has 1 atom stereocenters. The number of nitrogens with zero attached hydrogens (tertiary/aromatic N) is 1. The van der Waals surface area contributed by atoms with E-state index in [9.17, 15) is 9.90 Å². The van der Waals surface area contributed by atoms with Gasteiger partial charge in [0.15, 0.2) is 0 Å². The predicted octanol–water partition coefficient (Wildman–Crippen LogP) is 2.63. The predicted molar refractivity (Wildman–Crippen MR) is 88.9 cm³/mol. The first-order valence-electron chi connectivity index (χ1n) is 7.14. The van der Waals surface area contributed by atoms with Crippen molar-refractivity contribution >= 4 is 28.1 Å². The molecule has 22 heavy (non-hydrogen) atoms. The van der Waals surface area contributed by atoms with Gasteiger partial charge in [-0.3, -0.25) is 4.79 Å². The maximum atomic E-state index is 11.8. The summed E-state index contributed by atoms with van der Waals surface area (Å²) >= 11 is 1.57. The van der Waals surface area contributed by atoms with Crippen LogP contribution in [0.5, 0.6) is 0 Å². The third-order valence-electron chi connectivity index (χ3n) is 3.73. The van der Waals surface area contributed by atoms with Gasteiger partial charge < -0.3 is 15.0 Å². The van der Waals surface area contributed by atoms with Crippen molar-refractivity contribution in [2.24, 2.45) is 7.05 Å². The van der Waals surface area contributed by atoms with Crippen LogP contribution in [0.4, 0.5) is 0 Å². The number of carbonyl (C=O) groups is 1. The summed E-state index contributed by atoms with van der Waals surface area (Å²) < 4.78 is 2.04. The van der Waals surface area contributed by atoms with Gasteiger partial charge in [-0.25, -0.2) is 0 Å². The highest BCUT2D eigenvalue weighted by Crippen LogP contribution is 2.20. The minimum atomic E-state index is -0.698. The highest BCUT2D eigenvalue weighted by atomic mass is 32.1. The SMILES string of the molecule is Cn1ccc2cc(C(O)CNC(=O)Cc3ccsc3)ccc21. The van der Waals surface area contributed by atoms with E-state index in [0.717, 1.165) is 22.0 Å². The second-order valence-electron chi connectivity index (χ2n) is 5.37. The fraction of sp³-hybridized carbons (Fsp3) is 0.235. The molecule has 2 aromatic heterocycles. The number of aromatic nitrogens is 1. The topological polar surface area (TPSA) is 54.3 Å². The number of nitrogens with one attached hydrogen (secondary N) is 1. The second-order valence-corrected chi connectivity index (χ2v) is 6.15. The van der Waals surface area contributed by atoms with Crippen molar-refractivity contribution in [3.05, 3.63) is 58.4 Å². The molecule has 0 aliphatic carbocycles. The summed E-state index contributed by atoms with van der Waals surface area (Å²) in [5.74, 6) is -0.0711. The lowest BCUT2D eigenvalue weighted by atomic mass is 10.1. The Hall–Kier alpha value is -2.11. The maximum Gasteiger partial charge on any atom is 0.224 e. The number of benzene rings is 1. The van der Waals surface area contributed by atoms with Gasteiger partial charge in [0.25, 0.3) is 0 Å².